The third kappa shape index (κ3) is 4.91. The molecule has 47 heavy (non-hydrogen) atoms. The van der Waals surface area contributed by atoms with Crippen molar-refractivity contribution < 1.29 is 23.5 Å². The first-order valence-corrected chi connectivity index (χ1v) is 15.5. The maximum Gasteiger partial charge on any atom is 0.354 e. The van der Waals surface area contributed by atoms with Gasteiger partial charge in [0.05, 0.1) is 45.3 Å². The molecule has 11 nitrogen and oxygen atoms in total. The van der Waals surface area contributed by atoms with Crippen LogP contribution in [-0.4, -0.2) is 66.5 Å². The highest BCUT2D eigenvalue weighted by molar-refractivity contribution is 6.39. The Morgan fingerprint density at radius 3 is 2.36 bits per heavy atom. The highest BCUT2D eigenvalue weighted by atomic mass is 35.5. The second kappa shape index (κ2) is 11.7. The second-order valence-corrected chi connectivity index (χ2v) is 12.7. The Bertz CT molecular complexity index is 2020. The predicted octanol–water partition coefficient (Wildman–Crippen LogP) is 5.27. The van der Waals surface area contributed by atoms with E-state index in [9.17, 15) is 19.5 Å². The Morgan fingerprint density at radius 2 is 1.77 bits per heavy atom. The van der Waals surface area contributed by atoms with Crippen molar-refractivity contribution in [3.8, 4) is 22.6 Å². The lowest BCUT2D eigenvalue weighted by molar-refractivity contribution is -0.128. The summed E-state index contributed by atoms with van der Waals surface area (Å²) in [7, 11) is 0. The number of fused-ring (bicyclic) bond motifs is 2. The first-order chi connectivity index (χ1) is 22.3. The summed E-state index contributed by atoms with van der Waals surface area (Å²) in [5, 5.41) is 13.1. The SMILES string of the molecule is C=CC(=O)N1CC(C)N2c3nc(=O)n(-c4c(C(C)C)ncnc4C(C)C)c4c(F)c(-c5c(O)cccc5F)c(Cl)c(c34)NC(=O)C2C1. The van der Waals surface area contributed by atoms with Crippen molar-refractivity contribution in [2.24, 2.45) is 0 Å². The van der Waals surface area contributed by atoms with E-state index in [0.717, 1.165) is 16.7 Å². The minimum Gasteiger partial charge on any atom is -0.507 e. The largest absolute Gasteiger partial charge is 0.507 e. The van der Waals surface area contributed by atoms with Gasteiger partial charge in [0.1, 0.15) is 35.3 Å². The Balaban J connectivity index is 1.83. The van der Waals surface area contributed by atoms with Crippen LogP contribution in [-0.2, 0) is 9.59 Å². The summed E-state index contributed by atoms with van der Waals surface area (Å²) in [5.74, 6) is -4.31. The highest BCUT2D eigenvalue weighted by Gasteiger charge is 2.44. The molecule has 244 valence electrons. The molecular weight excluding hydrogens is 632 g/mol. The molecule has 2 aromatic carbocycles. The zero-order valence-corrected chi connectivity index (χ0v) is 27.1. The van der Waals surface area contributed by atoms with Crippen molar-refractivity contribution in [3.05, 3.63) is 75.7 Å². The van der Waals surface area contributed by atoms with Gasteiger partial charge < -0.3 is 20.2 Å². The summed E-state index contributed by atoms with van der Waals surface area (Å²) >= 11 is 6.88. The van der Waals surface area contributed by atoms with Gasteiger partial charge in [-0.25, -0.2) is 23.5 Å². The van der Waals surface area contributed by atoms with Crippen LogP contribution >= 0.6 is 11.6 Å². The van der Waals surface area contributed by atoms with Gasteiger partial charge >= 0.3 is 5.69 Å². The molecule has 2 aliphatic heterocycles. The molecule has 6 rings (SSSR count). The van der Waals surface area contributed by atoms with E-state index < -0.39 is 63.1 Å². The molecule has 2 N–H and O–H groups in total. The van der Waals surface area contributed by atoms with Gasteiger partial charge in [0.15, 0.2) is 5.82 Å². The number of aromatic nitrogens is 4. The average molecular weight is 664 g/mol. The molecule has 2 amide bonds. The number of carbonyl (C=O) groups is 2. The Morgan fingerprint density at radius 1 is 1.11 bits per heavy atom. The molecule has 4 aromatic rings. The predicted molar refractivity (Wildman–Crippen MR) is 174 cm³/mol. The molecule has 0 spiro atoms. The number of nitrogens with zero attached hydrogens (tertiary/aromatic N) is 6. The summed E-state index contributed by atoms with van der Waals surface area (Å²) in [5.41, 5.74) is -1.50. The van der Waals surface area contributed by atoms with Gasteiger partial charge in [0.25, 0.3) is 0 Å². The van der Waals surface area contributed by atoms with Gasteiger partial charge in [0, 0.05) is 18.2 Å². The quantitative estimate of drug-likeness (QED) is 0.276. The molecule has 0 saturated carbocycles. The lowest BCUT2D eigenvalue weighted by Gasteiger charge is -2.44. The van der Waals surface area contributed by atoms with Gasteiger partial charge in [-0.1, -0.05) is 51.9 Å². The van der Waals surface area contributed by atoms with E-state index in [0.29, 0.717) is 11.4 Å². The highest BCUT2D eigenvalue weighted by Crippen LogP contribution is 2.50. The molecule has 0 radical (unpaired) electrons. The molecule has 2 atom stereocenters. The van der Waals surface area contributed by atoms with Crippen molar-refractivity contribution in [1.29, 1.82) is 0 Å². The lowest BCUT2D eigenvalue weighted by atomic mass is 9.97. The maximum absolute atomic E-state index is 17.5. The average Bonchev–Trinajstić information content (AvgIpc) is 3.14. The number of benzene rings is 2. The molecule has 14 heteroatoms. The number of phenolic OH excluding ortho intramolecular Hbond substituents is 1. The topological polar surface area (TPSA) is 134 Å². The van der Waals surface area contributed by atoms with Crippen molar-refractivity contribution in [3.63, 3.8) is 0 Å². The smallest absolute Gasteiger partial charge is 0.354 e. The van der Waals surface area contributed by atoms with E-state index in [4.69, 9.17) is 11.6 Å². The number of rotatable bonds is 5. The fourth-order valence-electron chi connectivity index (χ4n) is 6.54. The summed E-state index contributed by atoms with van der Waals surface area (Å²) < 4.78 is 34.0. The van der Waals surface area contributed by atoms with Crippen LogP contribution in [0.4, 0.5) is 20.3 Å². The first kappa shape index (κ1) is 32.0. The van der Waals surface area contributed by atoms with Gasteiger partial charge in [-0.3, -0.25) is 14.2 Å². The monoisotopic (exact) mass is 663 g/mol. The zero-order valence-electron chi connectivity index (χ0n) is 26.3. The number of carbonyl (C=O) groups excluding carboxylic acids is 2. The van der Waals surface area contributed by atoms with Crippen LogP contribution in [0, 0.1) is 11.6 Å². The van der Waals surface area contributed by atoms with Gasteiger partial charge in [-0.2, -0.15) is 4.98 Å². The van der Waals surface area contributed by atoms with Crippen molar-refractivity contribution >= 4 is 45.8 Å². The van der Waals surface area contributed by atoms with Crippen LogP contribution in [0.15, 0.2) is 42.0 Å². The molecule has 1 saturated heterocycles. The maximum atomic E-state index is 17.5. The molecule has 2 aliphatic rings. The van der Waals surface area contributed by atoms with Crippen LogP contribution in [0.5, 0.6) is 5.75 Å². The zero-order chi connectivity index (χ0) is 34.1. The van der Waals surface area contributed by atoms with E-state index in [1.54, 1.807) is 11.8 Å². The third-order valence-electron chi connectivity index (χ3n) is 8.60. The van der Waals surface area contributed by atoms with E-state index in [-0.39, 0.29) is 53.0 Å². The molecule has 0 aliphatic carbocycles. The number of piperazine rings is 1. The molecular formula is C33H32ClF2N7O4. The Hall–Kier alpha value is -4.91. The van der Waals surface area contributed by atoms with Crippen LogP contribution in [0.3, 0.4) is 0 Å². The summed E-state index contributed by atoms with van der Waals surface area (Å²) in [4.78, 5) is 57.4. The number of aromatic hydroxyl groups is 1. The summed E-state index contributed by atoms with van der Waals surface area (Å²) in [6.45, 7) is 12.8. The lowest BCUT2D eigenvalue weighted by Crippen LogP contribution is -2.62. The standard InChI is InChI=1S/C33H32ClF2N7O4/c1-7-20(45)41-11-16(6)42-18(12-41)32(46)39-28-23-29(25(36)22(24(28)34)21-17(35)9-8-10-19(21)44)43(33(47)40-31(23)42)30-26(14(2)3)37-13-38-27(30)15(4)5/h7-10,13-16,18,44H,1,11-12H2,2-6H3,(H,39,46). The molecule has 4 heterocycles. The van der Waals surface area contributed by atoms with Crippen LogP contribution in [0.1, 0.15) is 57.8 Å². The normalized spacial score (nSPS) is 17.6. The van der Waals surface area contributed by atoms with Crippen molar-refractivity contribution in [2.75, 3.05) is 23.3 Å². The van der Waals surface area contributed by atoms with E-state index in [1.807, 2.05) is 27.7 Å². The fraction of sp³-hybridized carbons (Fsp3) is 0.333. The van der Waals surface area contributed by atoms with Crippen molar-refractivity contribution in [1.82, 2.24) is 24.4 Å². The number of phenols is 1. The third-order valence-corrected chi connectivity index (χ3v) is 8.98. The Kier molecular flexibility index (Phi) is 7.99. The number of hydrogen-bond donors (Lipinski definition) is 2. The first-order valence-electron chi connectivity index (χ1n) is 15.1. The Labute approximate surface area is 273 Å². The van der Waals surface area contributed by atoms with Crippen LogP contribution < -0.4 is 15.9 Å². The van der Waals surface area contributed by atoms with E-state index in [2.05, 4.69) is 26.8 Å². The minimum absolute atomic E-state index is 0.0221. The molecule has 2 unspecified atom stereocenters. The summed E-state index contributed by atoms with van der Waals surface area (Å²) in [6.07, 6.45) is 2.51. The van der Waals surface area contributed by atoms with Gasteiger partial charge in [-0.05, 0) is 37.0 Å². The number of hydrogen-bond acceptors (Lipinski definition) is 8. The number of amides is 2. The number of anilines is 2. The van der Waals surface area contributed by atoms with Gasteiger partial charge in [0.2, 0.25) is 11.8 Å². The molecule has 1 fully saturated rings. The van der Waals surface area contributed by atoms with Crippen LogP contribution in [0.2, 0.25) is 5.02 Å². The number of halogens is 3. The fourth-order valence-corrected chi connectivity index (χ4v) is 6.86. The van der Waals surface area contributed by atoms with Gasteiger partial charge in [-0.15, -0.1) is 0 Å². The molecule has 0 bridgehead atoms. The second-order valence-electron chi connectivity index (χ2n) is 12.3. The van der Waals surface area contributed by atoms with Crippen LogP contribution in [0.25, 0.3) is 27.7 Å². The van der Waals surface area contributed by atoms with E-state index in [1.165, 1.54) is 23.4 Å². The number of nitrogens with one attached hydrogen (secondary N) is 1. The van der Waals surface area contributed by atoms with E-state index >= 15 is 8.78 Å². The summed E-state index contributed by atoms with van der Waals surface area (Å²) in [6, 6.07) is 1.81. The minimum atomic E-state index is -1.14. The molecule has 2 aromatic heterocycles. The van der Waals surface area contributed by atoms with Crippen molar-refractivity contribution in [2.45, 2.75) is 58.5 Å².